The maximum atomic E-state index is 5.43. The summed E-state index contributed by atoms with van der Waals surface area (Å²) in [5.74, 6) is 1.74. The van der Waals surface area contributed by atoms with Crippen LogP contribution in [0, 0.1) is 0 Å². The van der Waals surface area contributed by atoms with Crippen molar-refractivity contribution in [3.63, 3.8) is 0 Å². The van der Waals surface area contributed by atoms with Gasteiger partial charge in [0.2, 0.25) is 5.89 Å². The molecule has 1 unspecified atom stereocenters. The third-order valence-corrected chi connectivity index (χ3v) is 3.78. The highest BCUT2D eigenvalue weighted by Crippen LogP contribution is 2.12. The van der Waals surface area contributed by atoms with E-state index in [0.717, 1.165) is 6.54 Å². The number of guanidine groups is 1. The molecule has 0 saturated heterocycles. The average Bonchev–Trinajstić information content (AvgIpc) is 3.19. The van der Waals surface area contributed by atoms with Crippen LogP contribution in [0.25, 0.3) is 0 Å². The molecule has 1 atom stereocenters. The molecule has 120 valence electrons. The SMILES string of the molecule is CCOC(C)c1noc(CNC(=NC)NCc2cccs2)n1. The molecule has 0 radical (unpaired) electrons. The van der Waals surface area contributed by atoms with Gasteiger partial charge in [-0.3, -0.25) is 4.99 Å². The second-order valence-electron chi connectivity index (χ2n) is 4.50. The Morgan fingerprint density at radius 1 is 1.45 bits per heavy atom. The van der Waals surface area contributed by atoms with Crippen LogP contribution >= 0.6 is 11.3 Å². The number of aliphatic imine (C=N–C) groups is 1. The van der Waals surface area contributed by atoms with Gasteiger partial charge in [-0.05, 0) is 25.3 Å². The Morgan fingerprint density at radius 3 is 2.95 bits per heavy atom. The van der Waals surface area contributed by atoms with E-state index in [9.17, 15) is 0 Å². The van der Waals surface area contributed by atoms with E-state index in [0.29, 0.717) is 30.8 Å². The minimum absolute atomic E-state index is 0.168. The zero-order chi connectivity index (χ0) is 15.8. The monoisotopic (exact) mass is 323 g/mol. The molecule has 0 aromatic carbocycles. The molecule has 2 N–H and O–H groups in total. The second kappa shape index (κ2) is 8.50. The summed E-state index contributed by atoms with van der Waals surface area (Å²) in [5.41, 5.74) is 0. The molecule has 7 nitrogen and oxygen atoms in total. The molecule has 2 heterocycles. The van der Waals surface area contributed by atoms with Crippen molar-refractivity contribution in [3.05, 3.63) is 34.1 Å². The summed E-state index contributed by atoms with van der Waals surface area (Å²) in [6.07, 6.45) is -0.168. The highest BCUT2D eigenvalue weighted by molar-refractivity contribution is 7.09. The molecule has 2 aromatic heterocycles. The van der Waals surface area contributed by atoms with E-state index in [1.165, 1.54) is 4.88 Å². The van der Waals surface area contributed by atoms with E-state index in [4.69, 9.17) is 9.26 Å². The third-order valence-electron chi connectivity index (χ3n) is 2.90. The van der Waals surface area contributed by atoms with Gasteiger partial charge in [0.25, 0.3) is 0 Å². The van der Waals surface area contributed by atoms with E-state index in [2.05, 4.69) is 31.8 Å². The van der Waals surface area contributed by atoms with Gasteiger partial charge in [0.1, 0.15) is 6.10 Å². The number of ether oxygens (including phenoxy) is 1. The van der Waals surface area contributed by atoms with Crippen LogP contribution < -0.4 is 10.6 Å². The highest BCUT2D eigenvalue weighted by Gasteiger charge is 2.13. The molecular formula is C14H21N5O2S. The van der Waals surface area contributed by atoms with Crippen LogP contribution in [0.4, 0.5) is 0 Å². The lowest BCUT2D eigenvalue weighted by atomic mass is 10.4. The fourth-order valence-electron chi connectivity index (χ4n) is 1.79. The zero-order valence-electron chi connectivity index (χ0n) is 13.0. The Kier molecular flexibility index (Phi) is 6.35. The van der Waals surface area contributed by atoms with Gasteiger partial charge in [0.05, 0.1) is 13.1 Å². The molecular weight excluding hydrogens is 302 g/mol. The van der Waals surface area contributed by atoms with Gasteiger partial charge in [0, 0.05) is 18.5 Å². The number of hydrogen-bond acceptors (Lipinski definition) is 6. The Labute approximate surface area is 133 Å². The minimum Gasteiger partial charge on any atom is -0.371 e. The Bertz CT molecular complexity index is 582. The van der Waals surface area contributed by atoms with Crippen LogP contribution in [-0.2, 0) is 17.8 Å². The first-order valence-electron chi connectivity index (χ1n) is 7.14. The summed E-state index contributed by atoms with van der Waals surface area (Å²) in [6, 6.07) is 4.10. The van der Waals surface area contributed by atoms with Crippen molar-refractivity contribution in [2.75, 3.05) is 13.7 Å². The van der Waals surface area contributed by atoms with Crippen LogP contribution in [0.1, 0.15) is 36.5 Å². The fraction of sp³-hybridized carbons (Fsp3) is 0.500. The molecule has 0 bridgehead atoms. The number of aromatic nitrogens is 2. The third kappa shape index (κ3) is 4.81. The first kappa shape index (κ1) is 16.4. The van der Waals surface area contributed by atoms with E-state index in [1.807, 2.05) is 25.3 Å². The standard InChI is InChI=1S/C14H21N5O2S/c1-4-20-10(2)13-18-12(21-19-13)9-17-14(15-3)16-8-11-6-5-7-22-11/h5-7,10H,4,8-9H2,1-3H3,(H2,15,16,17). The Morgan fingerprint density at radius 2 is 2.27 bits per heavy atom. The van der Waals surface area contributed by atoms with Crippen molar-refractivity contribution in [2.45, 2.75) is 33.0 Å². The van der Waals surface area contributed by atoms with Gasteiger partial charge in [0.15, 0.2) is 11.8 Å². The fourth-order valence-corrected chi connectivity index (χ4v) is 2.44. The van der Waals surface area contributed by atoms with Gasteiger partial charge in [-0.1, -0.05) is 11.2 Å². The molecule has 0 saturated carbocycles. The van der Waals surface area contributed by atoms with E-state index in [1.54, 1.807) is 18.4 Å². The van der Waals surface area contributed by atoms with Crippen LogP contribution in [0.2, 0.25) is 0 Å². The quantitative estimate of drug-likeness (QED) is 0.599. The van der Waals surface area contributed by atoms with Gasteiger partial charge >= 0.3 is 0 Å². The van der Waals surface area contributed by atoms with E-state index >= 15 is 0 Å². The molecule has 0 aliphatic heterocycles. The Hall–Kier alpha value is -1.93. The molecule has 22 heavy (non-hydrogen) atoms. The molecule has 2 rings (SSSR count). The van der Waals surface area contributed by atoms with Gasteiger partial charge in [-0.15, -0.1) is 11.3 Å². The van der Waals surface area contributed by atoms with Gasteiger partial charge in [-0.2, -0.15) is 4.98 Å². The first-order chi connectivity index (χ1) is 10.7. The summed E-state index contributed by atoms with van der Waals surface area (Å²) in [4.78, 5) is 9.70. The topological polar surface area (TPSA) is 84.6 Å². The van der Waals surface area contributed by atoms with E-state index < -0.39 is 0 Å². The average molecular weight is 323 g/mol. The number of hydrogen-bond donors (Lipinski definition) is 2. The minimum atomic E-state index is -0.168. The second-order valence-corrected chi connectivity index (χ2v) is 5.53. The largest absolute Gasteiger partial charge is 0.371 e. The van der Waals surface area contributed by atoms with Crippen molar-refractivity contribution < 1.29 is 9.26 Å². The number of thiophene rings is 1. The highest BCUT2D eigenvalue weighted by atomic mass is 32.1. The summed E-state index contributed by atoms with van der Waals surface area (Å²) >= 11 is 1.70. The Balaban J connectivity index is 1.80. The van der Waals surface area contributed by atoms with E-state index in [-0.39, 0.29) is 6.10 Å². The molecule has 2 aromatic rings. The number of rotatable bonds is 7. The first-order valence-corrected chi connectivity index (χ1v) is 8.01. The molecule has 0 fully saturated rings. The number of nitrogens with zero attached hydrogens (tertiary/aromatic N) is 3. The van der Waals surface area contributed by atoms with Crippen LogP contribution in [0.5, 0.6) is 0 Å². The lowest BCUT2D eigenvalue weighted by molar-refractivity contribution is 0.0683. The summed E-state index contributed by atoms with van der Waals surface area (Å²) in [5, 5.41) is 12.3. The molecule has 0 aliphatic rings. The molecule has 0 aliphatic carbocycles. The summed E-state index contributed by atoms with van der Waals surface area (Å²) in [7, 11) is 1.72. The van der Waals surface area contributed by atoms with Gasteiger partial charge in [-0.25, -0.2) is 0 Å². The van der Waals surface area contributed by atoms with Crippen molar-refractivity contribution in [1.29, 1.82) is 0 Å². The maximum Gasteiger partial charge on any atom is 0.246 e. The zero-order valence-corrected chi connectivity index (χ0v) is 13.8. The summed E-state index contributed by atoms with van der Waals surface area (Å²) < 4.78 is 10.6. The van der Waals surface area contributed by atoms with Crippen LogP contribution in [-0.4, -0.2) is 29.8 Å². The predicted molar refractivity (Wildman–Crippen MR) is 85.7 cm³/mol. The number of nitrogens with one attached hydrogen (secondary N) is 2. The lowest BCUT2D eigenvalue weighted by Gasteiger charge is -2.09. The summed E-state index contributed by atoms with van der Waals surface area (Å²) in [6.45, 7) is 5.59. The van der Waals surface area contributed by atoms with Gasteiger partial charge < -0.3 is 19.9 Å². The molecule has 0 spiro atoms. The normalized spacial score (nSPS) is 13.1. The van der Waals surface area contributed by atoms with Crippen molar-refractivity contribution >= 4 is 17.3 Å². The van der Waals surface area contributed by atoms with Crippen molar-refractivity contribution in [1.82, 2.24) is 20.8 Å². The predicted octanol–water partition coefficient (Wildman–Crippen LogP) is 2.09. The van der Waals surface area contributed by atoms with Crippen LogP contribution in [0.15, 0.2) is 27.0 Å². The smallest absolute Gasteiger partial charge is 0.246 e. The van der Waals surface area contributed by atoms with Crippen molar-refractivity contribution in [3.8, 4) is 0 Å². The maximum absolute atomic E-state index is 5.43. The lowest BCUT2D eigenvalue weighted by Crippen LogP contribution is -2.36. The molecule has 8 heteroatoms. The van der Waals surface area contributed by atoms with Crippen molar-refractivity contribution in [2.24, 2.45) is 4.99 Å². The van der Waals surface area contributed by atoms with Crippen LogP contribution in [0.3, 0.4) is 0 Å². The molecule has 0 amide bonds.